The molecule has 3 nitrogen and oxygen atoms in total. The lowest BCUT2D eigenvalue weighted by molar-refractivity contribution is -0.0135. The summed E-state index contributed by atoms with van der Waals surface area (Å²) in [5.74, 6) is 1.54. The van der Waals surface area contributed by atoms with Crippen LogP contribution < -0.4 is 10.1 Å². The van der Waals surface area contributed by atoms with Crippen molar-refractivity contribution in [2.75, 3.05) is 20.2 Å². The minimum absolute atomic E-state index is 0.0291. The van der Waals surface area contributed by atoms with Gasteiger partial charge in [-0.2, -0.15) is 0 Å². The Hall–Kier alpha value is -1.06. The molecule has 21 heavy (non-hydrogen) atoms. The number of methoxy groups -OCH3 is 1. The predicted octanol–water partition coefficient (Wildman–Crippen LogP) is 4.19. The number of nitrogens with one attached hydrogen (secondary N) is 1. The van der Waals surface area contributed by atoms with E-state index in [9.17, 15) is 0 Å². The van der Waals surface area contributed by atoms with Crippen LogP contribution in [0.4, 0.5) is 0 Å². The molecule has 0 aliphatic carbocycles. The summed E-state index contributed by atoms with van der Waals surface area (Å²) in [6, 6.07) is 8.13. The van der Waals surface area contributed by atoms with Gasteiger partial charge < -0.3 is 14.8 Å². The summed E-state index contributed by atoms with van der Waals surface area (Å²) in [5, 5.41) is 3.46. The molecule has 1 rings (SSSR count). The summed E-state index contributed by atoms with van der Waals surface area (Å²) < 4.78 is 11.8. The summed E-state index contributed by atoms with van der Waals surface area (Å²) in [5.41, 5.74) is 1.12. The van der Waals surface area contributed by atoms with Crippen molar-refractivity contribution < 1.29 is 9.47 Å². The molecular weight excluding hydrogens is 262 g/mol. The Kier molecular flexibility index (Phi) is 8.40. The van der Waals surface area contributed by atoms with E-state index in [1.807, 2.05) is 18.2 Å². The second-order valence-electron chi connectivity index (χ2n) is 6.01. The first kappa shape index (κ1) is 18.0. The second kappa shape index (κ2) is 9.80. The van der Waals surface area contributed by atoms with Gasteiger partial charge in [-0.25, -0.2) is 0 Å². The van der Waals surface area contributed by atoms with E-state index in [1.165, 1.54) is 0 Å². The molecule has 0 amide bonds. The smallest absolute Gasteiger partial charge is 0.124 e. The van der Waals surface area contributed by atoms with Gasteiger partial charge in [-0.15, -0.1) is 0 Å². The van der Waals surface area contributed by atoms with Crippen LogP contribution in [-0.2, 0) is 4.74 Å². The van der Waals surface area contributed by atoms with E-state index < -0.39 is 0 Å². The van der Waals surface area contributed by atoms with Crippen molar-refractivity contribution in [1.82, 2.24) is 5.32 Å². The molecule has 2 unspecified atom stereocenters. The van der Waals surface area contributed by atoms with E-state index in [-0.39, 0.29) is 12.2 Å². The van der Waals surface area contributed by atoms with Gasteiger partial charge in [-0.05, 0) is 38.3 Å². The van der Waals surface area contributed by atoms with Crippen LogP contribution in [0, 0.1) is 5.92 Å². The molecule has 3 heteroatoms. The highest BCUT2D eigenvalue weighted by Gasteiger charge is 2.19. The fourth-order valence-corrected chi connectivity index (χ4v) is 2.57. The van der Waals surface area contributed by atoms with Crippen LogP contribution in [-0.4, -0.2) is 26.3 Å². The number of hydrogen-bond acceptors (Lipinski definition) is 3. The van der Waals surface area contributed by atoms with Gasteiger partial charge in [-0.3, -0.25) is 0 Å². The van der Waals surface area contributed by atoms with E-state index in [0.29, 0.717) is 5.92 Å². The molecule has 2 atom stereocenters. The minimum Gasteiger partial charge on any atom is -0.496 e. The number of para-hydroxylation sites is 1. The molecule has 1 aromatic carbocycles. The van der Waals surface area contributed by atoms with E-state index in [0.717, 1.165) is 37.2 Å². The molecule has 0 radical (unpaired) electrons. The molecular formula is C18H31NO2. The zero-order chi connectivity index (χ0) is 15.7. The van der Waals surface area contributed by atoms with Crippen LogP contribution in [0.1, 0.15) is 52.2 Å². The van der Waals surface area contributed by atoms with Crippen molar-refractivity contribution in [1.29, 1.82) is 0 Å². The van der Waals surface area contributed by atoms with Crippen molar-refractivity contribution in [2.24, 2.45) is 5.92 Å². The van der Waals surface area contributed by atoms with E-state index in [4.69, 9.17) is 9.47 Å². The van der Waals surface area contributed by atoms with Gasteiger partial charge >= 0.3 is 0 Å². The van der Waals surface area contributed by atoms with Crippen molar-refractivity contribution in [2.45, 2.75) is 52.7 Å². The maximum absolute atomic E-state index is 6.29. The molecule has 0 saturated carbocycles. The molecule has 120 valence electrons. The van der Waals surface area contributed by atoms with Gasteiger partial charge in [0.25, 0.3) is 0 Å². The van der Waals surface area contributed by atoms with Gasteiger partial charge in [0.1, 0.15) is 5.75 Å². The number of benzene rings is 1. The molecule has 0 fully saturated rings. The largest absolute Gasteiger partial charge is 0.496 e. The molecule has 1 aromatic rings. The van der Waals surface area contributed by atoms with Crippen LogP contribution in [0.15, 0.2) is 24.3 Å². The second-order valence-corrected chi connectivity index (χ2v) is 6.01. The van der Waals surface area contributed by atoms with E-state index in [2.05, 4.69) is 39.1 Å². The van der Waals surface area contributed by atoms with Crippen molar-refractivity contribution in [3.63, 3.8) is 0 Å². The van der Waals surface area contributed by atoms with Crippen LogP contribution in [0.5, 0.6) is 5.75 Å². The fraction of sp³-hybridized carbons (Fsp3) is 0.667. The molecule has 0 aromatic heterocycles. The van der Waals surface area contributed by atoms with Gasteiger partial charge in [0.2, 0.25) is 0 Å². The van der Waals surface area contributed by atoms with E-state index >= 15 is 0 Å². The Balaban J connectivity index is 2.80. The highest BCUT2D eigenvalue weighted by Crippen LogP contribution is 2.29. The molecule has 0 spiro atoms. The van der Waals surface area contributed by atoms with Gasteiger partial charge in [0.15, 0.2) is 0 Å². The van der Waals surface area contributed by atoms with Crippen LogP contribution >= 0.6 is 0 Å². The van der Waals surface area contributed by atoms with Gasteiger partial charge in [0.05, 0.1) is 19.3 Å². The zero-order valence-electron chi connectivity index (χ0n) is 14.2. The van der Waals surface area contributed by atoms with Gasteiger partial charge in [0, 0.05) is 12.1 Å². The van der Waals surface area contributed by atoms with Crippen molar-refractivity contribution in [3.8, 4) is 5.75 Å². The van der Waals surface area contributed by atoms with Crippen molar-refractivity contribution in [3.05, 3.63) is 29.8 Å². The lowest BCUT2D eigenvalue weighted by Crippen LogP contribution is -2.27. The highest BCUT2D eigenvalue weighted by atomic mass is 16.5. The first-order chi connectivity index (χ1) is 10.1. The van der Waals surface area contributed by atoms with E-state index in [1.54, 1.807) is 7.11 Å². The summed E-state index contributed by atoms with van der Waals surface area (Å²) in [6.07, 6.45) is 2.46. The Morgan fingerprint density at radius 2 is 1.86 bits per heavy atom. The molecule has 0 bridgehead atoms. The monoisotopic (exact) mass is 293 g/mol. The third-order valence-corrected chi connectivity index (χ3v) is 3.44. The normalized spacial score (nSPS) is 14.2. The minimum atomic E-state index is 0.0291. The standard InChI is InChI=1S/C18H31NO2/c1-6-11-19-13-18(21-15(4)12-14(2)3)16-9-7-8-10-17(16)20-5/h7-10,14-15,18-19H,6,11-13H2,1-5H3. The average Bonchev–Trinajstić information content (AvgIpc) is 2.45. The Morgan fingerprint density at radius 1 is 1.14 bits per heavy atom. The molecule has 0 saturated heterocycles. The first-order valence-electron chi connectivity index (χ1n) is 8.07. The molecule has 0 heterocycles. The lowest BCUT2D eigenvalue weighted by Gasteiger charge is -2.25. The quantitative estimate of drug-likeness (QED) is 0.656. The third-order valence-electron chi connectivity index (χ3n) is 3.44. The van der Waals surface area contributed by atoms with Crippen molar-refractivity contribution >= 4 is 0 Å². The molecule has 0 aliphatic heterocycles. The van der Waals surface area contributed by atoms with Crippen LogP contribution in [0.25, 0.3) is 0 Å². The number of hydrogen-bond donors (Lipinski definition) is 1. The summed E-state index contributed by atoms with van der Waals surface area (Å²) >= 11 is 0. The fourth-order valence-electron chi connectivity index (χ4n) is 2.57. The Labute approximate surface area is 130 Å². The zero-order valence-corrected chi connectivity index (χ0v) is 14.2. The van der Waals surface area contributed by atoms with Gasteiger partial charge in [-0.1, -0.05) is 39.0 Å². The first-order valence-corrected chi connectivity index (χ1v) is 8.07. The Morgan fingerprint density at radius 3 is 2.48 bits per heavy atom. The summed E-state index contributed by atoms with van der Waals surface area (Å²) in [4.78, 5) is 0. The lowest BCUT2D eigenvalue weighted by atomic mass is 10.0. The SMILES string of the molecule is CCCNCC(OC(C)CC(C)C)c1ccccc1OC. The summed E-state index contributed by atoms with van der Waals surface area (Å²) in [7, 11) is 1.72. The Bertz CT molecular complexity index is 393. The molecule has 1 N–H and O–H groups in total. The maximum atomic E-state index is 6.29. The van der Waals surface area contributed by atoms with Crippen LogP contribution in [0.3, 0.4) is 0 Å². The molecule has 0 aliphatic rings. The third kappa shape index (κ3) is 6.49. The van der Waals surface area contributed by atoms with Crippen LogP contribution in [0.2, 0.25) is 0 Å². The maximum Gasteiger partial charge on any atom is 0.124 e. The topological polar surface area (TPSA) is 30.5 Å². The summed E-state index contributed by atoms with van der Waals surface area (Å²) in [6.45, 7) is 10.6. The number of ether oxygens (including phenoxy) is 2. The predicted molar refractivity (Wildman–Crippen MR) is 88.9 cm³/mol. The number of rotatable bonds is 10. The highest BCUT2D eigenvalue weighted by molar-refractivity contribution is 5.35. The average molecular weight is 293 g/mol.